The summed E-state index contributed by atoms with van der Waals surface area (Å²) < 4.78 is 13.9. The van der Waals surface area contributed by atoms with Crippen molar-refractivity contribution in [2.24, 2.45) is 0 Å². The maximum absolute atomic E-state index is 13.9. The molecule has 2 aromatic carbocycles. The van der Waals surface area contributed by atoms with Crippen LogP contribution >= 0.6 is 0 Å². The van der Waals surface area contributed by atoms with E-state index in [1.807, 2.05) is 24.3 Å². The normalized spacial score (nSPS) is 10.3. The molecule has 2 rings (SSSR count). The Kier molecular flexibility index (Phi) is 4.51. The molecular formula is C17H18FNO. The second kappa shape index (κ2) is 6.33. The van der Waals surface area contributed by atoms with Gasteiger partial charge in [0.1, 0.15) is 5.82 Å². The van der Waals surface area contributed by atoms with Gasteiger partial charge in [-0.2, -0.15) is 0 Å². The zero-order chi connectivity index (χ0) is 14.5. The monoisotopic (exact) mass is 271 g/mol. The van der Waals surface area contributed by atoms with E-state index in [0.717, 1.165) is 12.0 Å². The molecule has 2 nitrogen and oxygen atoms in total. The van der Waals surface area contributed by atoms with Crippen molar-refractivity contribution in [2.75, 3.05) is 0 Å². The molecule has 0 saturated carbocycles. The Morgan fingerprint density at radius 2 is 1.80 bits per heavy atom. The first-order chi connectivity index (χ1) is 9.63. The third-order valence-electron chi connectivity index (χ3n) is 3.38. The van der Waals surface area contributed by atoms with Crippen molar-refractivity contribution in [3.8, 4) is 0 Å². The van der Waals surface area contributed by atoms with Crippen molar-refractivity contribution in [2.45, 2.75) is 26.8 Å². The third-order valence-corrected chi connectivity index (χ3v) is 3.38. The summed E-state index contributed by atoms with van der Waals surface area (Å²) in [4.78, 5) is 12.0. The molecule has 0 fully saturated rings. The number of carbonyl (C=O) groups excluding carboxylic acids is 1. The fraction of sp³-hybridized carbons (Fsp3) is 0.235. The number of benzene rings is 2. The van der Waals surface area contributed by atoms with Crippen LogP contribution in [0.15, 0.2) is 42.5 Å². The number of hydrogen-bond donors (Lipinski definition) is 1. The molecular weight excluding hydrogens is 253 g/mol. The SMILES string of the molecule is CCc1ccccc1CNC(=O)c1cccc(C)c1F. The highest BCUT2D eigenvalue weighted by Crippen LogP contribution is 2.13. The van der Waals surface area contributed by atoms with Crippen LogP contribution < -0.4 is 5.32 Å². The number of amides is 1. The number of halogens is 1. The van der Waals surface area contributed by atoms with Gasteiger partial charge in [0.15, 0.2) is 0 Å². The van der Waals surface area contributed by atoms with Crippen LogP contribution in [0.3, 0.4) is 0 Å². The summed E-state index contributed by atoms with van der Waals surface area (Å²) in [5.74, 6) is -0.828. The van der Waals surface area contributed by atoms with Gasteiger partial charge in [-0.05, 0) is 36.1 Å². The Hall–Kier alpha value is -2.16. The Labute approximate surface area is 118 Å². The highest BCUT2D eigenvalue weighted by atomic mass is 19.1. The lowest BCUT2D eigenvalue weighted by molar-refractivity contribution is 0.0946. The van der Waals surface area contributed by atoms with Gasteiger partial charge in [0.05, 0.1) is 5.56 Å². The van der Waals surface area contributed by atoms with Crippen LogP contribution in [0, 0.1) is 12.7 Å². The molecule has 20 heavy (non-hydrogen) atoms. The summed E-state index contributed by atoms with van der Waals surface area (Å²) in [6.45, 7) is 4.13. The summed E-state index contributed by atoms with van der Waals surface area (Å²) in [6, 6.07) is 12.8. The Morgan fingerprint density at radius 3 is 2.50 bits per heavy atom. The quantitative estimate of drug-likeness (QED) is 0.904. The van der Waals surface area contributed by atoms with Crippen molar-refractivity contribution in [1.29, 1.82) is 0 Å². The Morgan fingerprint density at radius 1 is 1.10 bits per heavy atom. The lowest BCUT2D eigenvalue weighted by Gasteiger charge is -2.10. The first-order valence-electron chi connectivity index (χ1n) is 6.73. The number of aryl methyl sites for hydroxylation is 2. The van der Waals surface area contributed by atoms with Gasteiger partial charge in [0.2, 0.25) is 0 Å². The molecule has 3 heteroatoms. The minimum absolute atomic E-state index is 0.0963. The van der Waals surface area contributed by atoms with Gasteiger partial charge in [0.25, 0.3) is 5.91 Å². The highest BCUT2D eigenvalue weighted by Gasteiger charge is 2.13. The molecule has 0 unspecified atom stereocenters. The average molecular weight is 271 g/mol. The zero-order valence-corrected chi connectivity index (χ0v) is 11.7. The molecule has 0 saturated heterocycles. The molecule has 0 aliphatic rings. The van der Waals surface area contributed by atoms with Gasteiger partial charge in [0, 0.05) is 6.54 Å². The third kappa shape index (κ3) is 3.05. The maximum Gasteiger partial charge on any atom is 0.254 e. The van der Waals surface area contributed by atoms with E-state index in [4.69, 9.17) is 0 Å². The van der Waals surface area contributed by atoms with E-state index in [0.29, 0.717) is 12.1 Å². The van der Waals surface area contributed by atoms with E-state index in [2.05, 4.69) is 12.2 Å². The molecule has 0 spiro atoms. The number of hydrogen-bond acceptors (Lipinski definition) is 1. The summed E-state index contributed by atoms with van der Waals surface area (Å²) in [6.07, 6.45) is 0.908. The largest absolute Gasteiger partial charge is 0.348 e. The van der Waals surface area contributed by atoms with Crippen LogP contribution in [-0.2, 0) is 13.0 Å². The predicted octanol–water partition coefficient (Wildman–Crippen LogP) is 3.63. The van der Waals surface area contributed by atoms with Crippen LogP contribution in [0.25, 0.3) is 0 Å². The molecule has 0 bridgehead atoms. The smallest absolute Gasteiger partial charge is 0.254 e. The molecule has 0 atom stereocenters. The molecule has 104 valence electrons. The molecule has 0 aliphatic carbocycles. The lowest BCUT2D eigenvalue weighted by Crippen LogP contribution is -2.24. The minimum atomic E-state index is -0.450. The summed E-state index contributed by atoms with van der Waals surface area (Å²) in [5, 5.41) is 2.78. The van der Waals surface area contributed by atoms with E-state index in [1.165, 1.54) is 11.6 Å². The van der Waals surface area contributed by atoms with Crippen LogP contribution in [-0.4, -0.2) is 5.91 Å². The molecule has 0 aliphatic heterocycles. The summed E-state index contributed by atoms with van der Waals surface area (Å²) in [7, 11) is 0. The molecule has 2 aromatic rings. The topological polar surface area (TPSA) is 29.1 Å². The highest BCUT2D eigenvalue weighted by molar-refractivity contribution is 5.94. The van der Waals surface area contributed by atoms with Crippen molar-refractivity contribution in [3.63, 3.8) is 0 Å². The van der Waals surface area contributed by atoms with E-state index < -0.39 is 5.82 Å². The van der Waals surface area contributed by atoms with Gasteiger partial charge < -0.3 is 5.32 Å². The minimum Gasteiger partial charge on any atom is -0.348 e. The fourth-order valence-electron chi connectivity index (χ4n) is 2.17. The standard InChI is InChI=1S/C17H18FNO/c1-3-13-8-4-5-9-14(13)11-19-17(20)15-10-6-7-12(2)16(15)18/h4-10H,3,11H2,1-2H3,(H,19,20). The molecule has 1 N–H and O–H groups in total. The fourth-order valence-corrected chi connectivity index (χ4v) is 2.17. The first kappa shape index (κ1) is 14.3. The second-order valence-electron chi connectivity index (χ2n) is 4.74. The van der Waals surface area contributed by atoms with Crippen molar-refractivity contribution in [1.82, 2.24) is 5.32 Å². The molecule has 0 aromatic heterocycles. The van der Waals surface area contributed by atoms with E-state index in [-0.39, 0.29) is 11.5 Å². The van der Waals surface area contributed by atoms with E-state index in [1.54, 1.807) is 19.1 Å². The van der Waals surface area contributed by atoms with Gasteiger partial charge in [-0.15, -0.1) is 0 Å². The van der Waals surface area contributed by atoms with Gasteiger partial charge in [-0.3, -0.25) is 4.79 Å². The predicted molar refractivity (Wildman–Crippen MR) is 78.1 cm³/mol. The van der Waals surface area contributed by atoms with Crippen LogP contribution in [0.5, 0.6) is 0 Å². The Bertz CT molecular complexity index is 622. The number of nitrogens with one attached hydrogen (secondary N) is 1. The number of carbonyl (C=O) groups is 1. The van der Waals surface area contributed by atoms with Crippen LogP contribution in [0.1, 0.15) is 34.0 Å². The van der Waals surface area contributed by atoms with Gasteiger partial charge in [-0.25, -0.2) is 4.39 Å². The average Bonchev–Trinajstić information content (AvgIpc) is 2.48. The first-order valence-corrected chi connectivity index (χ1v) is 6.73. The number of rotatable bonds is 4. The summed E-state index contributed by atoms with van der Waals surface area (Å²) >= 11 is 0. The second-order valence-corrected chi connectivity index (χ2v) is 4.74. The zero-order valence-electron chi connectivity index (χ0n) is 11.7. The van der Waals surface area contributed by atoms with Crippen molar-refractivity contribution >= 4 is 5.91 Å². The van der Waals surface area contributed by atoms with E-state index in [9.17, 15) is 9.18 Å². The molecule has 1 amide bonds. The van der Waals surface area contributed by atoms with Crippen LogP contribution in [0.2, 0.25) is 0 Å². The molecule has 0 heterocycles. The molecule has 0 radical (unpaired) electrons. The maximum atomic E-state index is 13.9. The summed E-state index contributed by atoms with van der Waals surface area (Å²) in [5.41, 5.74) is 2.83. The lowest BCUT2D eigenvalue weighted by atomic mass is 10.1. The van der Waals surface area contributed by atoms with Gasteiger partial charge in [-0.1, -0.05) is 43.3 Å². The van der Waals surface area contributed by atoms with Crippen LogP contribution in [0.4, 0.5) is 4.39 Å². The Balaban J connectivity index is 2.11. The van der Waals surface area contributed by atoms with Crippen molar-refractivity contribution < 1.29 is 9.18 Å². The van der Waals surface area contributed by atoms with Gasteiger partial charge >= 0.3 is 0 Å². The van der Waals surface area contributed by atoms with Crippen molar-refractivity contribution in [3.05, 3.63) is 70.5 Å². The van der Waals surface area contributed by atoms with E-state index >= 15 is 0 Å².